The predicted molar refractivity (Wildman–Crippen MR) is 62.1 cm³/mol. The molecule has 6 nitrogen and oxygen atoms in total. The second-order valence-corrected chi connectivity index (χ2v) is 4.91. The summed E-state index contributed by atoms with van der Waals surface area (Å²) in [7, 11) is -2.92. The molecule has 0 amide bonds. The van der Waals surface area contributed by atoms with Gasteiger partial charge in [-0.15, -0.1) is 0 Å². The van der Waals surface area contributed by atoms with E-state index in [0.29, 0.717) is 11.4 Å². The summed E-state index contributed by atoms with van der Waals surface area (Å²) in [6.45, 7) is -0.0398. The Morgan fingerprint density at radius 3 is 2.61 bits per heavy atom. The molecule has 0 heterocycles. The fourth-order valence-electron chi connectivity index (χ4n) is 1.31. The number of anilines is 1. The van der Waals surface area contributed by atoms with E-state index >= 15 is 0 Å². The first-order chi connectivity index (χ1) is 7.92. The molecule has 0 aliphatic heterocycles. The van der Waals surface area contributed by atoms with Crippen LogP contribution in [0.4, 0.5) is 5.69 Å². The van der Waals surface area contributed by atoms with E-state index in [1.165, 1.54) is 7.11 Å². The molecule has 1 rings (SSSR count). The number of hydrogen-bond acceptors (Lipinski definition) is 6. The number of benzene rings is 1. The van der Waals surface area contributed by atoms with Crippen LogP contribution in [-0.2, 0) is 10.1 Å². The van der Waals surface area contributed by atoms with Gasteiger partial charge in [0.1, 0.15) is 5.75 Å². The zero-order valence-electron chi connectivity index (χ0n) is 10.3. The molecule has 0 fully saturated rings. The molecule has 1 aromatic carbocycles. The molecule has 0 saturated carbocycles. The fourth-order valence-corrected chi connectivity index (χ4v) is 1.90. The Morgan fingerprint density at radius 2 is 2.06 bits per heavy atom. The molecule has 0 saturated heterocycles. The van der Waals surface area contributed by atoms with Gasteiger partial charge in [-0.3, -0.25) is 0 Å². The maximum Gasteiger partial charge on any atom is 1.00 e. The summed E-state index contributed by atoms with van der Waals surface area (Å²) < 4.78 is 36.3. The van der Waals surface area contributed by atoms with Crippen molar-refractivity contribution in [3.05, 3.63) is 24.3 Å². The van der Waals surface area contributed by atoms with Gasteiger partial charge in [-0.1, -0.05) is 12.1 Å². The minimum Gasteiger partial charge on any atom is -0.748 e. The van der Waals surface area contributed by atoms with Crippen molar-refractivity contribution in [2.75, 3.05) is 24.7 Å². The monoisotopic (exact) mass is 283 g/mol. The SMILES string of the molecule is COc1ccccc1NCC(O)CS(=O)(=O)[O-].[Na+]. The van der Waals surface area contributed by atoms with Gasteiger partial charge in [0.05, 0.1) is 34.8 Å². The average molecular weight is 283 g/mol. The molecule has 0 bridgehead atoms. The second kappa shape index (κ2) is 7.98. The van der Waals surface area contributed by atoms with Gasteiger partial charge in [0, 0.05) is 6.54 Å². The third-order valence-corrected chi connectivity index (χ3v) is 2.82. The van der Waals surface area contributed by atoms with Gasteiger partial charge in [0.25, 0.3) is 0 Å². The predicted octanol–water partition coefficient (Wildman–Crippen LogP) is -2.98. The first kappa shape index (κ1) is 17.7. The topological polar surface area (TPSA) is 98.7 Å². The van der Waals surface area contributed by atoms with Crippen LogP contribution in [0.15, 0.2) is 24.3 Å². The van der Waals surface area contributed by atoms with Crippen LogP contribution < -0.4 is 39.6 Å². The van der Waals surface area contributed by atoms with Gasteiger partial charge in [0.2, 0.25) is 0 Å². The Hall–Kier alpha value is -0.310. The molecule has 0 aromatic heterocycles. The van der Waals surface area contributed by atoms with Gasteiger partial charge in [-0.05, 0) is 12.1 Å². The van der Waals surface area contributed by atoms with Crippen LogP contribution in [0.2, 0.25) is 0 Å². The number of nitrogens with one attached hydrogen (secondary N) is 1. The molecule has 0 radical (unpaired) electrons. The van der Waals surface area contributed by atoms with E-state index < -0.39 is 22.0 Å². The van der Waals surface area contributed by atoms with E-state index in [2.05, 4.69) is 5.32 Å². The van der Waals surface area contributed by atoms with Crippen molar-refractivity contribution in [1.29, 1.82) is 0 Å². The standard InChI is InChI=1S/C10H15NO5S.Na/c1-16-10-5-3-2-4-9(10)11-6-8(12)7-17(13,14)15;/h2-5,8,11-12H,6-7H2,1H3,(H,13,14,15);/q;+1/p-1. The fraction of sp³-hybridized carbons (Fsp3) is 0.400. The number of hydrogen-bond donors (Lipinski definition) is 2. The Kier molecular flexibility index (Phi) is 7.84. The molecule has 1 atom stereocenters. The van der Waals surface area contributed by atoms with Crippen molar-refractivity contribution in [2.24, 2.45) is 0 Å². The summed E-state index contributed by atoms with van der Waals surface area (Å²) in [5, 5.41) is 12.1. The van der Waals surface area contributed by atoms with Crippen molar-refractivity contribution in [3.63, 3.8) is 0 Å². The van der Waals surface area contributed by atoms with E-state index in [4.69, 9.17) is 4.74 Å². The summed E-state index contributed by atoms with van der Waals surface area (Å²) >= 11 is 0. The average Bonchev–Trinajstić information content (AvgIpc) is 2.24. The summed E-state index contributed by atoms with van der Waals surface area (Å²) in [6, 6.07) is 6.99. The molecule has 2 N–H and O–H groups in total. The Labute approximate surface area is 128 Å². The Morgan fingerprint density at radius 1 is 1.44 bits per heavy atom. The van der Waals surface area contributed by atoms with Gasteiger partial charge < -0.3 is 19.7 Å². The number of aliphatic hydroxyl groups is 1. The molecule has 8 heteroatoms. The quantitative estimate of drug-likeness (QED) is 0.427. The van der Waals surface area contributed by atoms with Crippen molar-refractivity contribution >= 4 is 15.8 Å². The summed E-state index contributed by atoms with van der Waals surface area (Å²) in [6.07, 6.45) is -1.25. The van der Waals surface area contributed by atoms with Crippen molar-refractivity contribution in [3.8, 4) is 5.75 Å². The second-order valence-electron chi connectivity index (χ2n) is 3.46. The zero-order valence-corrected chi connectivity index (χ0v) is 13.1. The number of methoxy groups -OCH3 is 1. The third kappa shape index (κ3) is 6.58. The van der Waals surface area contributed by atoms with E-state index in [9.17, 15) is 18.1 Å². The smallest absolute Gasteiger partial charge is 0.748 e. The molecular formula is C10H14NNaO5S. The van der Waals surface area contributed by atoms with Crippen LogP contribution in [0.1, 0.15) is 0 Å². The normalized spacial score (nSPS) is 12.4. The number of ether oxygens (including phenoxy) is 1. The largest absolute Gasteiger partial charge is 1.00 e. The summed E-state index contributed by atoms with van der Waals surface area (Å²) in [4.78, 5) is 0. The molecule has 0 spiro atoms. The van der Waals surface area contributed by atoms with Crippen molar-refractivity contribution in [1.82, 2.24) is 0 Å². The zero-order chi connectivity index (χ0) is 12.9. The minimum absolute atomic E-state index is 0. The third-order valence-electron chi connectivity index (χ3n) is 2.03. The van der Waals surface area contributed by atoms with Gasteiger partial charge in [-0.25, -0.2) is 8.42 Å². The van der Waals surface area contributed by atoms with Gasteiger partial charge in [-0.2, -0.15) is 0 Å². The molecule has 18 heavy (non-hydrogen) atoms. The minimum atomic E-state index is -4.41. The number of para-hydroxylation sites is 2. The number of aliphatic hydroxyl groups excluding tert-OH is 1. The maximum absolute atomic E-state index is 10.4. The van der Waals surface area contributed by atoms with E-state index in [1.807, 2.05) is 0 Å². The first-order valence-electron chi connectivity index (χ1n) is 4.91. The van der Waals surface area contributed by atoms with Crippen LogP contribution in [0, 0.1) is 0 Å². The van der Waals surface area contributed by atoms with E-state index in [-0.39, 0.29) is 36.1 Å². The Balaban J connectivity index is 0.00000289. The van der Waals surface area contributed by atoms with Gasteiger partial charge in [0.15, 0.2) is 0 Å². The van der Waals surface area contributed by atoms with Gasteiger partial charge >= 0.3 is 29.6 Å². The van der Waals surface area contributed by atoms with Crippen molar-refractivity contribution in [2.45, 2.75) is 6.10 Å². The van der Waals surface area contributed by atoms with Crippen LogP contribution >= 0.6 is 0 Å². The van der Waals surface area contributed by atoms with Crippen molar-refractivity contribution < 1.29 is 52.4 Å². The van der Waals surface area contributed by atoms with Crippen LogP contribution in [0.25, 0.3) is 0 Å². The molecule has 1 unspecified atom stereocenters. The van der Waals surface area contributed by atoms with Crippen LogP contribution in [0.5, 0.6) is 5.75 Å². The molecular weight excluding hydrogens is 269 g/mol. The molecule has 0 aliphatic rings. The van der Waals surface area contributed by atoms with Crippen LogP contribution in [-0.4, -0.2) is 43.6 Å². The Bertz CT molecular complexity index is 465. The van der Waals surface area contributed by atoms with E-state index in [1.54, 1.807) is 24.3 Å². The first-order valence-corrected chi connectivity index (χ1v) is 6.48. The van der Waals surface area contributed by atoms with E-state index in [0.717, 1.165) is 0 Å². The summed E-state index contributed by atoms with van der Waals surface area (Å²) in [5.41, 5.74) is 0.623. The molecule has 1 aromatic rings. The molecule has 96 valence electrons. The summed E-state index contributed by atoms with van der Waals surface area (Å²) in [5.74, 6) is -0.237. The number of rotatable bonds is 6. The maximum atomic E-state index is 10.4. The molecule has 0 aliphatic carbocycles. The van der Waals surface area contributed by atoms with Crippen LogP contribution in [0.3, 0.4) is 0 Å².